The van der Waals surface area contributed by atoms with Crippen LogP contribution in [-0.4, -0.2) is 62.7 Å². The molecule has 0 aliphatic heterocycles. The molecule has 0 radical (unpaired) electrons. The van der Waals surface area contributed by atoms with E-state index >= 15 is 0 Å². The molecule has 2 amide bonds. The van der Waals surface area contributed by atoms with Crippen molar-refractivity contribution in [1.29, 1.82) is 0 Å². The van der Waals surface area contributed by atoms with Gasteiger partial charge in [-0.1, -0.05) is 48.3 Å². The molecule has 1 N–H and O–H groups in total. The molecule has 0 heterocycles. The van der Waals surface area contributed by atoms with Gasteiger partial charge in [0.25, 0.3) is 0 Å². The SMILES string of the molecule is CCNC(=O)[C@@H](CC)N(Cc1c(Cl)cccc1Cl)C(=O)CN(c1ccccc1F)S(=O)(=O)N(C)C. The largest absolute Gasteiger partial charge is 0.355 e. The zero-order valence-electron chi connectivity index (χ0n) is 20.0. The number of anilines is 1. The topological polar surface area (TPSA) is 90.0 Å². The van der Waals surface area contributed by atoms with Gasteiger partial charge >= 0.3 is 10.2 Å². The summed E-state index contributed by atoms with van der Waals surface area (Å²) in [4.78, 5) is 27.7. The Balaban J connectivity index is 2.57. The Morgan fingerprint density at radius 2 is 1.63 bits per heavy atom. The zero-order chi connectivity index (χ0) is 26.3. The van der Waals surface area contributed by atoms with Crippen molar-refractivity contribution in [2.75, 3.05) is 31.5 Å². The Morgan fingerprint density at radius 1 is 1.03 bits per heavy atom. The molecule has 192 valence electrons. The summed E-state index contributed by atoms with van der Waals surface area (Å²) in [5.41, 5.74) is 0.108. The lowest BCUT2D eigenvalue weighted by Crippen LogP contribution is -2.53. The lowest BCUT2D eigenvalue weighted by molar-refractivity contribution is -0.140. The Kier molecular flexibility index (Phi) is 10.3. The number of para-hydroxylation sites is 1. The minimum Gasteiger partial charge on any atom is -0.355 e. The number of carbonyl (C=O) groups excluding carboxylic acids is 2. The second-order valence-electron chi connectivity index (χ2n) is 7.79. The third-order valence-electron chi connectivity index (χ3n) is 5.27. The van der Waals surface area contributed by atoms with Gasteiger partial charge in [0.1, 0.15) is 18.4 Å². The smallest absolute Gasteiger partial charge is 0.304 e. The van der Waals surface area contributed by atoms with Crippen molar-refractivity contribution in [3.05, 3.63) is 63.9 Å². The Morgan fingerprint density at radius 3 is 2.14 bits per heavy atom. The molecule has 2 aromatic carbocycles. The third kappa shape index (κ3) is 6.84. The van der Waals surface area contributed by atoms with Gasteiger partial charge in [0.05, 0.1) is 5.69 Å². The maximum Gasteiger partial charge on any atom is 0.304 e. The number of rotatable bonds is 11. The number of hydrogen-bond donors (Lipinski definition) is 1. The number of benzene rings is 2. The number of carbonyl (C=O) groups is 2. The highest BCUT2D eigenvalue weighted by Crippen LogP contribution is 2.28. The van der Waals surface area contributed by atoms with Gasteiger partial charge in [0, 0.05) is 42.8 Å². The molecule has 0 aliphatic rings. The van der Waals surface area contributed by atoms with E-state index in [2.05, 4.69) is 5.32 Å². The first-order valence-corrected chi connectivity index (χ1v) is 13.1. The van der Waals surface area contributed by atoms with Crippen LogP contribution in [0.4, 0.5) is 10.1 Å². The molecule has 1 atom stereocenters. The second kappa shape index (κ2) is 12.5. The minimum atomic E-state index is -4.27. The molecule has 0 saturated carbocycles. The maximum absolute atomic E-state index is 14.6. The zero-order valence-corrected chi connectivity index (χ0v) is 22.3. The van der Waals surface area contributed by atoms with Gasteiger partial charge in [0.2, 0.25) is 11.8 Å². The number of likely N-dealkylation sites (N-methyl/N-ethyl adjacent to an activating group) is 1. The van der Waals surface area contributed by atoms with Crippen molar-refractivity contribution in [3.63, 3.8) is 0 Å². The molecule has 35 heavy (non-hydrogen) atoms. The average molecular weight is 547 g/mol. The van der Waals surface area contributed by atoms with Gasteiger partial charge in [-0.2, -0.15) is 12.7 Å². The summed E-state index contributed by atoms with van der Waals surface area (Å²) in [5, 5.41) is 3.26. The van der Waals surface area contributed by atoms with Gasteiger partial charge in [0.15, 0.2) is 0 Å². The van der Waals surface area contributed by atoms with Crippen molar-refractivity contribution in [2.45, 2.75) is 32.9 Å². The number of nitrogens with zero attached hydrogens (tertiary/aromatic N) is 3. The summed E-state index contributed by atoms with van der Waals surface area (Å²) in [5.74, 6) is -1.96. The van der Waals surface area contributed by atoms with Crippen LogP contribution in [0.25, 0.3) is 0 Å². The van der Waals surface area contributed by atoms with Crippen LogP contribution in [0.3, 0.4) is 0 Å². The van der Waals surface area contributed by atoms with Crippen LogP contribution < -0.4 is 9.62 Å². The fourth-order valence-corrected chi connectivity index (χ4v) is 5.00. The molecule has 2 rings (SSSR count). The number of amides is 2. The van der Waals surface area contributed by atoms with E-state index in [-0.39, 0.29) is 28.7 Å². The predicted octanol–water partition coefficient (Wildman–Crippen LogP) is 3.69. The highest BCUT2D eigenvalue weighted by Gasteiger charge is 2.35. The summed E-state index contributed by atoms with van der Waals surface area (Å²) >= 11 is 12.6. The van der Waals surface area contributed by atoms with Crippen LogP contribution in [-0.2, 0) is 26.3 Å². The van der Waals surface area contributed by atoms with Crippen LogP contribution in [0.2, 0.25) is 10.0 Å². The summed E-state index contributed by atoms with van der Waals surface area (Å²) < 4.78 is 42.4. The monoisotopic (exact) mass is 546 g/mol. The number of hydrogen-bond acceptors (Lipinski definition) is 4. The minimum absolute atomic E-state index is 0.153. The quantitative estimate of drug-likeness (QED) is 0.465. The van der Waals surface area contributed by atoms with Crippen molar-refractivity contribution in [1.82, 2.24) is 14.5 Å². The van der Waals surface area contributed by atoms with Crippen LogP contribution in [0.15, 0.2) is 42.5 Å². The number of halogens is 3. The molecule has 0 saturated heterocycles. The summed E-state index contributed by atoms with van der Waals surface area (Å²) in [6.45, 7) is 2.89. The van der Waals surface area contributed by atoms with E-state index in [1.54, 1.807) is 32.0 Å². The highest BCUT2D eigenvalue weighted by molar-refractivity contribution is 7.90. The standard InChI is InChI=1S/C23H29Cl2FN4O4S/c1-5-20(23(32)27-6-2)29(14-16-17(24)10-9-11-18(16)25)22(31)15-30(35(33,34)28(3)4)21-13-8-7-12-19(21)26/h7-13,20H,5-6,14-15H2,1-4H3,(H,27,32)/t20-/m1/s1. The van der Waals surface area contributed by atoms with Crippen molar-refractivity contribution < 1.29 is 22.4 Å². The molecule has 0 fully saturated rings. The lowest BCUT2D eigenvalue weighted by atomic mass is 10.1. The summed E-state index contributed by atoms with van der Waals surface area (Å²) in [6.07, 6.45) is 0.236. The van der Waals surface area contributed by atoms with Crippen LogP contribution in [0.5, 0.6) is 0 Å². The average Bonchev–Trinajstić information content (AvgIpc) is 2.79. The Labute approximate surface area is 215 Å². The Bertz CT molecular complexity index is 1140. The van der Waals surface area contributed by atoms with Gasteiger partial charge in [-0.05, 0) is 37.6 Å². The van der Waals surface area contributed by atoms with E-state index in [1.165, 1.54) is 37.2 Å². The van der Waals surface area contributed by atoms with Gasteiger partial charge in [-0.3, -0.25) is 9.59 Å². The normalized spacial score (nSPS) is 12.3. The predicted molar refractivity (Wildman–Crippen MR) is 136 cm³/mol. The Hall–Kier alpha value is -2.40. The molecule has 0 aliphatic carbocycles. The molecular weight excluding hydrogens is 518 g/mol. The molecule has 12 heteroatoms. The van der Waals surface area contributed by atoms with Crippen molar-refractivity contribution in [3.8, 4) is 0 Å². The lowest BCUT2D eigenvalue weighted by Gasteiger charge is -2.34. The van der Waals surface area contributed by atoms with Crippen LogP contribution in [0.1, 0.15) is 25.8 Å². The molecule has 2 aromatic rings. The summed E-state index contributed by atoms with van der Waals surface area (Å²) in [6, 6.07) is 9.13. The molecule has 0 aromatic heterocycles. The van der Waals surface area contributed by atoms with Gasteiger partial charge < -0.3 is 10.2 Å². The van der Waals surface area contributed by atoms with E-state index in [9.17, 15) is 22.4 Å². The summed E-state index contributed by atoms with van der Waals surface area (Å²) in [7, 11) is -1.72. The second-order valence-corrected chi connectivity index (χ2v) is 10.7. The van der Waals surface area contributed by atoms with Gasteiger partial charge in [-0.15, -0.1) is 0 Å². The molecule has 0 unspecified atom stereocenters. The molecule has 8 nitrogen and oxygen atoms in total. The third-order valence-corrected chi connectivity index (χ3v) is 7.78. The van der Waals surface area contributed by atoms with E-state index < -0.39 is 40.4 Å². The molecule has 0 spiro atoms. The van der Waals surface area contributed by atoms with E-state index in [4.69, 9.17) is 23.2 Å². The van der Waals surface area contributed by atoms with E-state index in [0.29, 0.717) is 16.4 Å². The first-order valence-electron chi connectivity index (χ1n) is 10.9. The van der Waals surface area contributed by atoms with Gasteiger partial charge in [-0.25, -0.2) is 8.70 Å². The first-order chi connectivity index (χ1) is 16.4. The van der Waals surface area contributed by atoms with Crippen LogP contribution >= 0.6 is 23.2 Å². The van der Waals surface area contributed by atoms with Crippen LogP contribution in [0, 0.1) is 5.82 Å². The number of nitrogens with one attached hydrogen (secondary N) is 1. The van der Waals surface area contributed by atoms with E-state index in [0.717, 1.165) is 10.4 Å². The fourth-order valence-electron chi connectivity index (χ4n) is 3.42. The fraction of sp³-hybridized carbons (Fsp3) is 0.391. The molecular formula is C23H29Cl2FN4O4S. The highest BCUT2D eigenvalue weighted by atomic mass is 35.5. The first kappa shape index (κ1) is 28.8. The van der Waals surface area contributed by atoms with Crippen molar-refractivity contribution in [2.24, 2.45) is 0 Å². The van der Waals surface area contributed by atoms with E-state index in [1.807, 2.05) is 0 Å². The maximum atomic E-state index is 14.6. The van der Waals surface area contributed by atoms with Crippen molar-refractivity contribution >= 4 is 50.9 Å². The molecule has 0 bridgehead atoms.